The number of carbonyl (C=O) groups is 2. The van der Waals surface area contributed by atoms with Crippen molar-refractivity contribution in [1.82, 2.24) is 5.32 Å². The van der Waals surface area contributed by atoms with E-state index in [0.717, 1.165) is 11.3 Å². The summed E-state index contributed by atoms with van der Waals surface area (Å²) >= 11 is 0. The van der Waals surface area contributed by atoms with Crippen LogP contribution in [0.4, 0.5) is 0 Å². The van der Waals surface area contributed by atoms with Crippen LogP contribution < -0.4 is 19.5 Å². The molecule has 1 heterocycles. The highest BCUT2D eigenvalue weighted by Crippen LogP contribution is 2.47. The van der Waals surface area contributed by atoms with E-state index in [4.69, 9.17) is 18.9 Å². The molecule has 0 fully saturated rings. The fourth-order valence-electron chi connectivity index (χ4n) is 5.08. The molecular formula is C28H31NO7. The van der Waals surface area contributed by atoms with Crippen LogP contribution in [0, 0.1) is 0 Å². The van der Waals surface area contributed by atoms with Gasteiger partial charge in [0, 0.05) is 29.3 Å². The second kappa shape index (κ2) is 10.4. The van der Waals surface area contributed by atoms with Gasteiger partial charge >= 0.3 is 5.97 Å². The largest absolute Gasteiger partial charge is 0.504 e. The lowest BCUT2D eigenvalue weighted by molar-refractivity contribution is -0.136. The van der Waals surface area contributed by atoms with Gasteiger partial charge in [-0.05, 0) is 61.6 Å². The molecule has 2 aromatic carbocycles. The zero-order valence-electron chi connectivity index (χ0n) is 21.1. The predicted molar refractivity (Wildman–Crippen MR) is 133 cm³/mol. The van der Waals surface area contributed by atoms with E-state index < -0.39 is 11.9 Å². The van der Waals surface area contributed by atoms with E-state index in [-0.39, 0.29) is 23.9 Å². The van der Waals surface area contributed by atoms with Crippen molar-refractivity contribution < 1.29 is 33.6 Å². The summed E-state index contributed by atoms with van der Waals surface area (Å²) < 4.78 is 21.5. The molecule has 0 spiro atoms. The topological polar surface area (TPSA) is 103 Å². The van der Waals surface area contributed by atoms with E-state index in [9.17, 15) is 14.7 Å². The zero-order chi connectivity index (χ0) is 26.0. The monoisotopic (exact) mass is 493 g/mol. The summed E-state index contributed by atoms with van der Waals surface area (Å²) in [6, 6.07) is 10.6. The molecule has 0 amide bonds. The molecular weight excluding hydrogens is 462 g/mol. The Bertz CT molecular complexity index is 1260. The lowest BCUT2D eigenvalue weighted by atomic mass is 9.71. The minimum atomic E-state index is -0.646. The van der Waals surface area contributed by atoms with Crippen molar-refractivity contribution in [2.45, 2.75) is 38.5 Å². The fourth-order valence-corrected chi connectivity index (χ4v) is 5.08. The number of rotatable bonds is 7. The molecule has 0 unspecified atom stereocenters. The number of Topliss-reactive ketones (excluding diaryl/α,β-unsaturated/α-hetero) is 1. The van der Waals surface area contributed by atoms with Crippen molar-refractivity contribution in [3.05, 3.63) is 70.1 Å². The zero-order valence-corrected chi connectivity index (χ0v) is 21.1. The van der Waals surface area contributed by atoms with Gasteiger partial charge in [0.2, 0.25) is 0 Å². The smallest absolute Gasteiger partial charge is 0.336 e. The number of phenolic OH excluding ortho intramolecular Hbond substituents is 1. The number of benzene rings is 2. The summed E-state index contributed by atoms with van der Waals surface area (Å²) in [6.07, 6.45) is 0.853. The van der Waals surface area contributed by atoms with Crippen molar-refractivity contribution in [3.8, 4) is 23.0 Å². The highest BCUT2D eigenvalue weighted by atomic mass is 16.5. The first-order valence-electron chi connectivity index (χ1n) is 11.8. The summed E-state index contributed by atoms with van der Waals surface area (Å²) in [6.45, 7) is 3.99. The van der Waals surface area contributed by atoms with Gasteiger partial charge in [0.05, 0.1) is 33.5 Å². The summed E-state index contributed by atoms with van der Waals surface area (Å²) in [5.41, 5.74) is 3.93. The third-order valence-electron chi connectivity index (χ3n) is 6.73. The van der Waals surface area contributed by atoms with E-state index in [0.29, 0.717) is 52.7 Å². The molecule has 0 bridgehead atoms. The van der Waals surface area contributed by atoms with Crippen LogP contribution in [0.3, 0.4) is 0 Å². The Kier molecular flexibility index (Phi) is 7.24. The van der Waals surface area contributed by atoms with Crippen LogP contribution >= 0.6 is 0 Å². The van der Waals surface area contributed by atoms with E-state index >= 15 is 0 Å². The maximum Gasteiger partial charge on any atom is 0.336 e. The summed E-state index contributed by atoms with van der Waals surface area (Å²) in [4.78, 5) is 26.6. The number of hydrogen-bond acceptors (Lipinski definition) is 8. The van der Waals surface area contributed by atoms with Crippen LogP contribution in [0.5, 0.6) is 23.0 Å². The molecule has 4 rings (SSSR count). The Hall–Kier alpha value is -3.94. The van der Waals surface area contributed by atoms with Crippen LogP contribution in [-0.4, -0.2) is 44.8 Å². The van der Waals surface area contributed by atoms with E-state index in [1.165, 1.54) is 13.2 Å². The first-order chi connectivity index (χ1) is 17.3. The lowest BCUT2D eigenvalue weighted by Crippen LogP contribution is -2.36. The summed E-state index contributed by atoms with van der Waals surface area (Å²) in [7, 11) is 4.49. The first kappa shape index (κ1) is 25.2. The Morgan fingerprint density at radius 2 is 1.69 bits per heavy atom. The maximum absolute atomic E-state index is 13.7. The highest BCUT2D eigenvalue weighted by molar-refractivity contribution is 6.04. The van der Waals surface area contributed by atoms with Crippen LogP contribution in [-0.2, 0) is 14.3 Å². The molecule has 0 radical (unpaired) electrons. The Labute approximate surface area is 210 Å². The number of phenols is 1. The van der Waals surface area contributed by atoms with Gasteiger partial charge in [-0.3, -0.25) is 4.79 Å². The third kappa shape index (κ3) is 4.51. The van der Waals surface area contributed by atoms with Crippen LogP contribution in [0.25, 0.3) is 0 Å². The molecule has 2 aliphatic rings. The van der Waals surface area contributed by atoms with E-state index in [1.807, 2.05) is 25.1 Å². The van der Waals surface area contributed by atoms with Gasteiger partial charge in [0.25, 0.3) is 0 Å². The fraction of sp³-hybridized carbons (Fsp3) is 0.357. The molecule has 2 atom stereocenters. The van der Waals surface area contributed by atoms with Crippen molar-refractivity contribution in [1.29, 1.82) is 0 Å². The van der Waals surface area contributed by atoms with Crippen LogP contribution in [0.2, 0.25) is 0 Å². The van der Waals surface area contributed by atoms with Crippen LogP contribution in [0.1, 0.15) is 49.7 Å². The number of ether oxygens (including phenoxy) is 4. The SMILES string of the molecule is CCOc1cc([C@H]2C(C(=O)OC)=C(C)NC3=C2C(=O)C[C@@H](c2ccc(OC)c(OC)c2)C3)ccc1O. The van der Waals surface area contributed by atoms with Gasteiger partial charge in [-0.1, -0.05) is 12.1 Å². The molecule has 1 aliphatic heterocycles. The normalized spacial score (nSPS) is 19.4. The molecule has 2 N–H and O–H groups in total. The average molecular weight is 494 g/mol. The maximum atomic E-state index is 13.7. The lowest BCUT2D eigenvalue weighted by Gasteiger charge is -2.36. The Morgan fingerprint density at radius 1 is 1.00 bits per heavy atom. The van der Waals surface area contributed by atoms with Gasteiger partial charge < -0.3 is 29.4 Å². The molecule has 36 heavy (non-hydrogen) atoms. The number of carbonyl (C=O) groups excluding carboxylic acids is 2. The van der Waals surface area contributed by atoms with E-state index in [2.05, 4.69) is 5.32 Å². The van der Waals surface area contributed by atoms with Gasteiger partial charge in [-0.15, -0.1) is 0 Å². The number of dihydropyridines is 1. The van der Waals surface area contributed by atoms with E-state index in [1.54, 1.807) is 33.3 Å². The number of allylic oxidation sites excluding steroid dienone is 3. The summed E-state index contributed by atoms with van der Waals surface area (Å²) in [5.74, 6) is 0.219. The van der Waals surface area contributed by atoms with Gasteiger partial charge in [0.1, 0.15) is 0 Å². The molecule has 0 aromatic heterocycles. The molecule has 8 heteroatoms. The molecule has 8 nitrogen and oxygen atoms in total. The Balaban J connectivity index is 1.80. The van der Waals surface area contributed by atoms with Gasteiger partial charge in [0.15, 0.2) is 28.8 Å². The molecule has 0 saturated carbocycles. The van der Waals surface area contributed by atoms with Crippen molar-refractivity contribution >= 4 is 11.8 Å². The minimum Gasteiger partial charge on any atom is -0.504 e. The Morgan fingerprint density at radius 3 is 2.36 bits per heavy atom. The second-order valence-electron chi connectivity index (χ2n) is 8.78. The standard InChI is InChI=1S/C28H31NO7/c1-6-36-23-14-17(7-9-20(23)30)26-25(28(32)35-5)15(2)29-19-11-18(12-21(31)27(19)26)16-8-10-22(33-3)24(13-16)34-4/h7-10,13-14,18,26,29-30H,6,11-12H2,1-5H3/t18-,26-/m0/s1. The van der Waals surface area contributed by atoms with Gasteiger partial charge in [-0.2, -0.15) is 0 Å². The van der Waals surface area contributed by atoms with Gasteiger partial charge in [-0.25, -0.2) is 4.79 Å². The highest BCUT2D eigenvalue weighted by Gasteiger charge is 2.41. The van der Waals surface area contributed by atoms with Crippen molar-refractivity contribution in [2.24, 2.45) is 0 Å². The second-order valence-corrected chi connectivity index (χ2v) is 8.78. The number of ketones is 1. The molecule has 1 aliphatic carbocycles. The predicted octanol–water partition coefficient (Wildman–Crippen LogP) is 4.34. The van der Waals surface area contributed by atoms with Crippen LogP contribution in [0.15, 0.2) is 58.9 Å². The molecule has 190 valence electrons. The number of methoxy groups -OCH3 is 3. The number of hydrogen-bond donors (Lipinski definition) is 2. The average Bonchev–Trinajstić information content (AvgIpc) is 2.88. The first-order valence-corrected chi connectivity index (χ1v) is 11.8. The minimum absolute atomic E-state index is 0.00690. The van der Waals surface area contributed by atoms with Crippen molar-refractivity contribution in [2.75, 3.05) is 27.9 Å². The van der Waals surface area contributed by atoms with Crippen molar-refractivity contribution in [3.63, 3.8) is 0 Å². The molecule has 2 aromatic rings. The number of esters is 1. The number of aromatic hydroxyl groups is 1. The third-order valence-corrected chi connectivity index (χ3v) is 6.73. The number of nitrogens with one attached hydrogen (secondary N) is 1. The molecule has 0 saturated heterocycles. The summed E-state index contributed by atoms with van der Waals surface area (Å²) in [5, 5.41) is 13.5. The quantitative estimate of drug-likeness (QED) is 0.549.